The van der Waals surface area contributed by atoms with Crippen molar-refractivity contribution in [2.45, 2.75) is 132 Å². The van der Waals surface area contributed by atoms with E-state index in [2.05, 4.69) is 24.2 Å². The van der Waals surface area contributed by atoms with E-state index in [0.717, 1.165) is 62.0 Å². The minimum absolute atomic E-state index is 0.00237. The maximum absolute atomic E-state index is 13.8. The third-order valence-corrected chi connectivity index (χ3v) is 14.3. The summed E-state index contributed by atoms with van der Waals surface area (Å²) >= 11 is 8.57. The SMILES string of the molecule is Cc1nc2c(c(=O)n1CCOC1CCC(Cl)CC1C1CC(C)NC3C(C(=O)O)CSC13)CC(N(C)C1CC13CCC3)CC2. The van der Waals surface area contributed by atoms with Gasteiger partial charge in [0.1, 0.15) is 5.82 Å². The van der Waals surface area contributed by atoms with Gasteiger partial charge >= 0.3 is 5.97 Å². The maximum atomic E-state index is 13.8. The van der Waals surface area contributed by atoms with E-state index in [4.69, 9.17) is 21.3 Å². The number of rotatable bonds is 8. The van der Waals surface area contributed by atoms with Crippen molar-refractivity contribution >= 4 is 29.3 Å². The highest BCUT2D eigenvalue weighted by molar-refractivity contribution is 8.00. The van der Waals surface area contributed by atoms with Crippen LogP contribution in [0.3, 0.4) is 0 Å². The Hall–Kier alpha value is -1.13. The van der Waals surface area contributed by atoms with Crippen LogP contribution in [-0.4, -0.2) is 85.8 Å². The highest BCUT2D eigenvalue weighted by Crippen LogP contribution is 2.63. The zero-order valence-electron chi connectivity index (χ0n) is 26.0. The van der Waals surface area contributed by atoms with E-state index in [1.54, 1.807) is 0 Å². The molecule has 1 aromatic rings. The van der Waals surface area contributed by atoms with E-state index in [-0.39, 0.29) is 40.3 Å². The van der Waals surface area contributed by atoms with Gasteiger partial charge < -0.3 is 15.2 Å². The molecule has 1 aromatic heterocycles. The Bertz CT molecular complexity index is 1290. The van der Waals surface area contributed by atoms with Gasteiger partial charge in [0.15, 0.2) is 0 Å². The summed E-state index contributed by atoms with van der Waals surface area (Å²) in [5.41, 5.74) is 2.64. The van der Waals surface area contributed by atoms with Crippen LogP contribution < -0.4 is 10.9 Å². The van der Waals surface area contributed by atoms with Crippen molar-refractivity contribution in [1.82, 2.24) is 19.8 Å². The van der Waals surface area contributed by atoms with Gasteiger partial charge in [0.05, 0.1) is 30.9 Å². The Morgan fingerprint density at radius 3 is 2.79 bits per heavy atom. The van der Waals surface area contributed by atoms with Crippen LogP contribution in [0.5, 0.6) is 0 Å². The largest absolute Gasteiger partial charge is 0.481 e. The van der Waals surface area contributed by atoms with Crippen LogP contribution >= 0.6 is 23.4 Å². The molecule has 8 nitrogen and oxygen atoms in total. The number of piperidine rings is 1. The molecule has 0 amide bonds. The second-order valence-corrected chi connectivity index (χ2v) is 16.6. The number of alkyl halides is 1. The number of ether oxygens (including phenoxy) is 1. The Morgan fingerprint density at radius 2 is 2.07 bits per heavy atom. The molecule has 5 fully saturated rings. The molecule has 0 aromatic carbocycles. The van der Waals surface area contributed by atoms with Crippen molar-refractivity contribution < 1.29 is 14.6 Å². The average Bonchev–Trinajstić information content (AvgIpc) is 3.60. The summed E-state index contributed by atoms with van der Waals surface area (Å²) in [5.74, 6) is 1.08. The summed E-state index contributed by atoms with van der Waals surface area (Å²) in [5, 5.41) is 13.9. The molecule has 2 N–H and O–H groups in total. The molecule has 10 unspecified atom stereocenters. The number of aliphatic carboxylic acids is 1. The van der Waals surface area contributed by atoms with Gasteiger partial charge in [-0.25, -0.2) is 4.98 Å². The number of hydrogen-bond donors (Lipinski definition) is 2. The Balaban J connectivity index is 1.02. The fourth-order valence-electron chi connectivity index (χ4n) is 9.66. The lowest BCUT2D eigenvalue weighted by Gasteiger charge is -2.47. The number of likely N-dealkylation sites (N-methyl/N-ethyl adjacent to an activating group) is 1. The van der Waals surface area contributed by atoms with Crippen LogP contribution in [0.1, 0.15) is 81.8 Å². The predicted molar refractivity (Wildman–Crippen MR) is 170 cm³/mol. The van der Waals surface area contributed by atoms with E-state index in [9.17, 15) is 14.7 Å². The number of nitrogens with one attached hydrogen (secondary N) is 1. The quantitative estimate of drug-likeness (QED) is 0.411. The second kappa shape index (κ2) is 11.9. The van der Waals surface area contributed by atoms with Crippen LogP contribution in [-0.2, 0) is 28.9 Å². The highest BCUT2D eigenvalue weighted by atomic mass is 35.5. The summed E-state index contributed by atoms with van der Waals surface area (Å²) in [6, 6.07) is 1.40. The lowest BCUT2D eigenvalue weighted by molar-refractivity contribution is -0.142. The molecule has 1 spiro atoms. The molecule has 3 saturated carbocycles. The number of halogens is 1. The number of carbonyl (C=O) groups is 1. The molecule has 0 bridgehead atoms. The summed E-state index contributed by atoms with van der Waals surface area (Å²) in [7, 11) is 2.28. The molecule has 10 atom stereocenters. The van der Waals surface area contributed by atoms with Crippen LogP contribution in [0.25, 0.3) is 0 Å². The lowest BCUT2D eigenvalue weighted by Crippen LogP contribution is -2.57. The topological polar surface area (TPSA) is 96.7 Å². The Morgan fingerprint density at radius 1 is 1.26 bits per heavy atom. The van der Waals surface area contributed by atoms with Crippen LogP contribution in [0, 0.1) is 30.1 Å². The van der Waals surface area contributed by atoms with Crippen molar-refractivity contribution in [3.05, 3.63) is 27.4 Å². The van der Waals surface area contributed by atoms with Gasteiger partial charge in [-0.15, -0.1) is 11.6 Å². The average molecular weight is 633 g/mol. The standard InChI is InChI=1S/C33H49ClN4O4S/c1-18-13-23(30-29(35-18)25(17-43-30)32(40)41)22-14-20(34)5-8-27(22)42-12-11-38-19(2)36-26-7-6-21(15-24(26)31(38)39)37(3)28-16-33(28)9-4-10-33/h18,20-23,25,27-30,35H,4-17H2,1-3H3,(H,40,41). The third-order valence-electron chi connectivity index (χ3n) is 12.3. The monoisotopic (exact) mass is 632 g/mol. The molecule has 3 heterocycles. The lowest BCUT2D eigenvalue weighted by atomic mass is 9.70. The number of aromatic nitrogens is 2. The molecular weight excluding hydrogens is 584 g/mol. The molecule has 7 rings (SSSR count). The first kappa shape index (κ1) is 30.5. The highest BCUT2D eigenvalue weighted by Gasteiger charge is 2.60. The van der Waals surface area contributed by atoms with E-state index in [1.165, 1.54) is 25.7 Å². The summed E-state index contributed by atoms with van der Waals surface area (Å²) in [4.78, 5) is 33.3. The molecule has 2 saturated heterocycles. The van der Waals surface area contributed by atoms with Gasteiger partial charge in [-0.05, 0) is 102 Å². The number of carboxylic acids is 1. The van der Waals surface area contributed by atoms with E-state index in [0.29, 0.717) is 48.2 Å². The summed E-state index contributed by atoms with van der Waals surface area (Å²) < 4.78 is 8.50. The Labute approximate surface area is 265 Å². The number of nitrogens with zero attached hydrogens (tertiary/aromatic N) is 3. The molecule has 238 valence electrons. The smallest absolute Gasteiger partial charge is 0.308 e. The number of aryl methyl sites for hydroxylation is 2. The van der Waals surface area contributed by atoms with Crippen molar-refractivity contribution in [1.29, 1.82) is 0 Å². The van der Waals surface area contributed by atoms with Crippen molar-refractivity contribution in [2.75, 3.05) is 19.4 Å². The fraction of sp³-hybridized carbons (Fsp3) is 0.848. The Kier molecular flexibility index (Phi) is 8.45. The third kappa shape index (κ3) is 5.61. The first-order valence-corrected chi connectivity index (χ1v) is 18.3. The van der Waals surface area contributed by atoms with E-state index in [1.807, 2.05) is 23.3 Å². The van der Waals surface area contributed by atoms with Gasteiger partial charge in [-0.3, -0.25) is 19.1 Å². The molecule has 0 radical (unpaired) electrons. The zero-order chi connectivity index (χ0) is 30.0. The number of thioether (sulfide) groups is 1. The van der Waals surface area contributed by atoms with Gasteiger partial charge in [0.25, 0.3) is 5.56 Å². The number of carboxylic acid groups (broad SMARTS) is 1. The van der Waals surface area contributed by atoms with Crippen LogP contribution in [0.2, 0.25) is 0 Å². The first-order chi connectivity index (χ1) is 20.6. The normalized spacial score (nSPS) is 39.7. The van der Waals surface area contributed by atoms with Gasteiger partial charge in [-0.2, -0.15) is 11.8 Å². The molecular formula is C33H49ClN4O4S. The first-order valence-electron chi connectivity index (χ1n) is 16.8. The number of fused-ring (bicyclic) bond motifs is 2. The van der Waals surface area contributed by atoms with Gasteiger partial charge in [0, 0.05) is 46.1 Å². The molecule has 6 aliphatic rings. The summed E-state index contributed by atoms with van der Waals surface area (Å²) in [6.45, 7) is 5.12. The van der Waals surface area contributed by atoms with Crippen LogP contribution in [0.15, 0.2) is 4.79 Å². The van der Waals surface area contributed by atoms with Crippen LogP contribution in [0.4, 0.5) is 0 Å². The zero-order valence-corrected chi connectivity index (χ0v) is 27.5. The van der Waals surface area contributed by atoms with E-state index < -0.39 is 5.97 Å². The number of hydrogen-bond acceptors (Lipinski definition) is 7. The molecule has 43 heavy (non-hydrogen) atoms. The van der Waals surface area contributed by atoms with E-state index >= 15 is 0 Å². The predicted octanol–water partition coefficient (Wildman–Crippen LogP) is 4.26. The van der Waals surface area contributed by atoms with Crippen molar-refractivity contribution in [3.63, 3.8) is 0 Å². The fourth-order valence-corrected chi connectivity index (χ4v) is 11.8. The second-order valence-electron chi connectivity index (χ2n) is 14.8. The molecule has 2 aliphatic heterocycles. The van der Waals surface area contributed by atoms with Crippen molar-refractivity contribution in [3.8, 4) is 0 Å². The minimum Gasteiger partial charge on any atom is -0.481 e. The minimum atomic E-state index is -0.695. The summed E-state index contributed by atoms with van der Waals surface area (Å²) in [6.07, 6.45) is 12.1. The molecule has 10 heteroatoms. The maximum Gasteiger partial charge on any atom is 0.308 e. The van der Waals surface area contributed by atoms with Gasteiger partial charge in [-0.1, -0.05) is 6.42 Å². The van der Waals surface area contributed by atoms with Crippen molar-refractivity contribution in [2.24, 2.45) is 23.2 Å². The van der Waals surface area contributed by atoms with Gasteiger partial charge in [0.2, 0.25) is 0 Å². The molecule has 4 aliphatic carbocycles.